The van der Waals surface area contributed by atoms with Crippen molar-refractivity contribution < 1.29 is 14.7 Å². The smallest absolute Gasteiger partial charge is 0.294 e. The Hall–Kier alpha value is -3.66. The first-order chi connectivity index (χ1) is 15.0. The number of aliphatic hydroxyl groups excluding tert-OH is 1. The van der Waals surface area contributed by atoms with E-state index in [4.69, 9.17) is 0 Å². The summed E-state index contributed by atoms with van der Waals surface area (Å²) in [5.74, 6) is -1.20. The molecule has 31 heavy (non-hydrogen) atoms. The van der Waals surface area contributed by atoms with Gasteiger partial charge in [-0.05, 0) is 48.6 Å². The third kappa shape index (κ3) is 3.89. The first-order valence-corrected chi connectivity index (χ1v) is 10.4. The molecule has 0 saturated heterocycles. The highest BCUT2D eigenvalue weighted by Crippen LogP contribution is 2.42. The highest BCUT2D eigenvalue weighted by Gasteiger charge is 2.44. The molecule has 0 spiro atoms. The summed E-state index contributed by atoms with van der Waals surface area (Å²) in [5.41, 5.74) is 4.71. The van der Waals surface area contributed by atoms with Gasteiger partial charge >= 0.3 is 0 Å². The summed E-state index contributed by atoms with van der Waals surface area (Å²) in [7, 11) is 0. The molecule has 156 valence electrons. The number of carbonyl (C=O) groups is 2. The molecular weight excluding hydrogens is 386 g/mol. The predicted octanol–water partition coefficient (Wildman–Crippen LogP) is 5.41. The summed E-state index contributed by atoms with van der Waals surface area (Å²) in [5, 5.41) is 10.8. The minimum absolute atomic E-state index is 0.174. The normalized spacial score (nSPS) is 16.1. The van der Waals surface area contributed by atoms with E-state index in [2.05, 4.69) is 0 Å². The number of anilines is 1. The molecule has 0 fully saturated rings. The van der Waals surface area contributed by atoms with Gasteiger partial charge in [0.15, 0.2) is 11.5 Å². The van der Waals surface area contributed by atoms with Gasteiger partial charge in [-0.15, -0.1) is 0 Å². The third-order valence-electron chi connectivity index (χ3n) is 5.94. The summed E-state index contributed by atoms with van der Waals surface area (Å²) < 4.78 is 0. The van der Waals surface area contributed by atoms with Crippen LogP contribution in [-0.4, -0.2) is 16.8 Å². The monoisotopic (exact) mass is 411 g/mol. The average Bonchev–Trinajstić information content (AvgIpc) is 3.06. The van der Waals surface area contributed by atoms with Crippen molar-refractivity contribution in [2.45, 2.75) is 32.7 Å². The molecule has 0 aromatic heterocycles. The fraction of sp³-hybridized carbons (Fsp3) is 0.185. The van der Waals surface area contributed by atoms with Crippen molar-refractivity contribution in [3.05, 3.63) is 112 Å². The fourth-order valence-corrected chi connectivity index (χ4v) is 4.12. The Morgan fingerprint density at radius 1 is 0.903 bits per heavy atom. The molecule has 1 aliphatic rings. The summed E-state index contributed by atoms with van der Waals surface area (Å²) in [6, 6.07) is 24.2. The Labute approximate surface area is 182 Å². The first kappa shape index (κ1) is 20.6. The molecule has 1 N–H and O–H groups in total. The summed E-state index contributed by atoms with van der Waals surface area (Å²) in [4.78, 5) is 28.1. The van der Waals surface area contributed by atoms with E-state index in [1.807, 2.05) is 92.7 Å². The maximum absolute atomic E-state index is 13.3. The largest absolute Gasteiger partial charge is 0.503 e. The number of ketones is 1. The quantitative estimate of drug-likeness (QED) is 0.590. The van der Waals surface area contributed by atoms with Crippen molar-refractivity contribution in [1.29, 1.82) is 0 Å². The lowest BCUT2D eigenvalue weighted by atomic mass is 9.92. The van der Waals surface area contributed by atoms with E-state index in [0.29, 0.717) is 12.1 Å². The molecule has 1 atom stereocenters. The lowest BCUT2D eigenvalue weighted by Gasteiger charge is -2.28. The lowest BCUT2D eigenvalue weighted by molar-refractivity contribution is -0.118. The molecule has 4 nitrogen and oxygen atoms in total. The number of hydrogen-bond donors (Lipinski definition) is 1. The second kappa shape index (κ2) is 8.60. The minimum atomic E-state index is -0.655. The maximum Gasteiger partial charge on any atom is 0.294 e. The lowest BCUT2D eigenvalue weighted by Crippen LogP contribution is -2.31. The summed E-state index contributed by atoms with van der Waals surface area (Å²) in [6.45, 7) is 3.93. The number of amides is 1. The van der Waals surface area contributed by atoms with Crippen molar-refractivity contribution in [3.8, 4) is 0 Å². The molecule has 1 unspecified atom stereocenters. The van der Waals surface area contributed by atoms with E-state index < -0.39 is 17.7 Å². The minimum Gasteiger partial charge on any atom is -0.503 e. The van der Waals surface area contributed by atoms with Crippen molar-refractivity contribution in [1.82, 2.24) is 0 Å². The summed E-state index contributed by atoms with van der Waals surface area (Å²) in [6.07, 6.45) is 0.774. The number of benzene rings is 3. The van der Waals surface area contributed by atoms with Crippen molar-refractivity contribution in [2.24, 2.45) is 0 Å². The third-order valence-corrected chi connectivity index (χ3v) is 5.94. The van der Waals surface area contributed by atoms with Crippen LogP contribution in [0.4, 0.5) is 5.69 Å². The molecule has 0 aliphatic carbocycles. The molecule has 0 bridgehead atoms. The molecule has 1 aliphatic heterocycles. The SMILES string of the molecule is Cc1cccc(N2C(=O)C(O)=C(C(=O)CCc3ccccc3)C2c2ccccc2)c1C. The number of rotatable bonds is 6. The van der Waals surface area contributed by atoms with Gasteiger partial charge in [-0.2, -0.15) is 0 Å². The molecular formula is C27H25NO3. The highest BCUT2D eigenvalue weighted by molar-refractivity contribution is 6.16. The standard InChI is InChI=1S/C27H25NO3/c1-18-10-9-15-22(19(18)2)28-25(21-13-7-4-8-14-21)24(26(30)27(28)31)23(29)17-16-20-11-5-3-6-12-20/h3-15,25,30H,16-17H2,1-2H3. The van der Waals surface area contributed by atoms with Gasteiger partial charge in [-0.1, -0.05) is 72.8 Å². The second-order valence-corrected chi connectivity index (χ2v) is 7.88. The Morgan fingerprint density at radius 3 is 2.23 bits per heavy atom. The Bertz CT molecular complexity index is 1150. The first-order valence-electron chi connectivity index (χ1n) is 10.4. The van der Waals surface area contributed by atoms with Crippen LogP contribution >= 0.6 is 0 Å². The van der Waals surface area contributed by atoms with Gasteiger partial charge in [-0.25, -0.2) is 0 Å². The van der Waals surface area contributed by atoms with E-state index in [1.165, 1.54) is 0 Å². The number of aryl methyl sites for hydroxylation is 2. The van der Waals surface area contributed by atoms with Gasteiger partial charge < -0.3 is 5.11 Å². The van der Waals surface area contributed by atoms with Crippen LogP contribution in [0.5, 0.6) is 0 Å². The molecule has 0 saturated carbocycles. The van der Waals surface area contributed by atoms with Crippen LogP contribution < -0.4 is 4.90 Å². The maximum atomic E-state index is 13.3. The average molecular weight is 412 g/mol. The van der Waals surface area contributed by atoms with Gasteiger partial charge in [0.1, 0.15) is 0 Å². The molecule has 1 amide bonds. The zero-order chi connectivity index (χ0) is 22.0. The number of carbonyl (C=O) groups excluding carboxylic acids is 2. The van der Waals surface area contributed by atoms with Crippen LogP contribution in [0.1, 0.15) is 34.7 Å². The van der Waals surface area contributed by atoms with E-state index in [-0.39, 0.29) is 17.8 Å². The predicted molar refractivity (Wildman–Crippen MR) is 122 cm³/mol. The van der Waals surface area contributed by atoms with Gasteiger partial charge in [-0.3, -0.25) is 14.5 Å². The van der Waals surface area contributed by atoms with Crippen LogP contribution in [0.15, 0.2) is 90.2 Å². The van der Waals surface area contributed by atoms with Gasteiger partial charge in [0.2, 0.25) is 0 Å². The van der Waals surface area contributed by atoms with E-state index >= 15 is 0 Å². The number of aliphatic hydroxyl groups is 1. The molecule has 0 radical (unpaired) electrons. The zero-order valence-corrected chi connectivity index (χ0v) is 17.7. The number of hydrogen-bond acceptors (Lipinski definition) is 3. The molecule has 1 heterocycles. The van der Waals surface area contributed by atoms with E-state index in [0.717, 1.165) is 22.3 Å². The number of nitrogens with zero attached hydrogens (tertiary/aromatic N) is 1. The van der Waals surface area contributed by atoms with Crippen LogP contribution in [0.3, 0.4) is 0 Å². The molecule has 4 rings (SSSR count). The van der Waals surface area contributed by atoms with Crippen molar-refractivity contribution in [2.75, 3.05) is 4.90 Å². The topological polar surface area (TPSA) is 57.6 Å². The van der Waals surface area contributed by atoms with Crippen LogP contribution in [0.25, 0.3) is 0 Å². The zero-order valence-electron chi connectivity index (χ0n) is 17.7. The second-order valence-electron chi connectivity index (χ2n) is 7.88. The Morgan fingerprint density at radius 2 is 1.55 bits per heavy atom. The molecule has 3 aromatic rings. The Kier molecular flexibility index (Phi) is 5.72. The van der Waals surface area contributed by atoms with Gasteiger partial charge in [0, 0.05) is 12.1 Å². The summed E-state index contributed by atoms with van der Waals surface area (Å²) >= 11 is 0. The van der Waals surface area contributed by atoms with E-state index in [9.17, 15) is 14.7 Å². The van der Waals surface area contributed by atoms with E-state index in [1.54, 1.807) is 4.90 Å². The van der Waals surface area contributed by atoms with Crippen molar-refractivity contribution in [3.63, 3.8) is 0 Å². The highest BCUT2D eigenvalue weighted by atomic mass is 16.3. The number of Topliss-reactive ketones (excluding diaryl/α,β-unsaturated/α-hetero) is 1. The van der Waals surface area contributed by atoms with Crippen molar-refractivity contribution >= 4 is 17.4 Å². The fourth-order valence-electron chi connectivity index (χ4n) is 4.12. The van der Waals surface area contributed by atoms with Crippen LogP contribution in [0, 0.1) is 13.8 Å². The molecule has 3 aromatic carbocycles. The van der Waals surface area contributed by atoms with Gasteiger partial charge in [0.05, 0.1) is 11.6 Å². The molecule has 4 heteroatoms. The van der Waals surface area contributed by atoms with Crippen LogP contribution in [-0.2, 0) is 16.0 Å². The van der Waals surface area contributed by atoms with Gasteiger partial charge in [0.25, 0.3) is 5.91 Å². The Balaban J connectivity index is 1.75. The van der Waals surface area contributed by atoms with Crippen LogP contribution in [0.2, 0.25) is 0 Å².